The van der Waals surface area contributed by atoms with Crippen LogP contribution in [0.3, 0.4) is 0 Å². The Morgan fingerprint density at radius 3 is 2.97 bits per heavy atom. The van der Waals surface area contributed by atoms with Gasteiger partial charge in [0.25, 0.3) is 5.91 Å². The van der Waals surface area contributed by atoms with Crippen molar-refractivity contribution in [3.8, 4) is 10.6 Å². The lowest BCUT2D eigenvalue weighted by Gasteiger charge is -2.29. The van der Waals surface area contributed by atoms with E-state index in [1.807, 2.05) is 35.7 Å². The van der Waals surface area contributed by atoms with Crippen LogP contribution in [0.2, 0.25) is 0 Å². The number of furan rings is 1. The highest BCUT2D eigenvalue weighted by molar-refractivity contribution is 7.13. The first-order valence-electron chi connectivity index (χ1n) is 9.70. The van der Waals surface area contributed by atoms with E-state index in [4.69, 9.17) is 8.83 Å². The number of nitrogens with zero attached hydrogens (tertiary/aromatic N) is 1. The van der Waals surface area contributed by atoms with E-state index in [1.165, 1.54) is 28.2 Å². The first-order valence-corrected chi connectivity index (χ1v) is 10.6. The molecule has 0 saturated carbocycles. The van der Waals surface area contributed by atoms with E-state index in [9.17, 15) is 4.79 Å². The van der Waals surface area contributed by atoms with Crippen LogP contribution in [0.25, 0.3) is 21.6 Å². The monoisotopic (exact) mass is 408 g/mol. The molecule has 3 atom stereocenters. The smallest absolute Gasteiger partial charge is 0.278 e. The number of amides is 1. The van der Waals surface area contributed by atoms with Gasteiger partial charge in [0.2, 0.25) is 0 Å². The first-order chi connectivity index (χ1) is 14.0. The zero-order valence-electron chi connectivity index (χ0n) is 16.5. The number of anilines is 1. The van der Waals surface area contributed by atoms with Gasteiger partial charge in [-0.2, -0.15) is 0 Å². The number of likely N-dealkylation sites (N-methyl/N-ethyl adjacent to an activating group) is 1. The summed E-state index contributed by atoms with van der Waals surface area (Å²) in [4.78, 5) is 19.3. The van der Waals surface area contributed by atoms with Crippen molar-refractivity contribution in [1.82, 2.24) is 4.98 Å². The predicted octanol–water partition coefficient (Wildman–Crippen LogP) is 4.09. The fourth-order valence-corrected chi connectivity index (χ4v) is 4.92. The number of thiophene rings is 1. The Morgan fingerprint density at radius 1 is 1.31 bits per heavy atom. The average molecular weight is 409 g/mol. The van der Waals surface area contributed by atoms with E-state index < -0.39 is 0 Å². The maximum Gasteiger partial charge on any atom is 0.278 e. The van der Waals surface area contributed by atoms with Crippen LogP contribution in [0, 0.1) is 0 Å². The van der Waals surface area contributed by atoms with Crippen LogP contribution in [-0.2, 0) is 0 Å². The Balaban J connectivity index is 1.49. The quantitative estimate of drug-likeness (QED) is 0.535. The zero-order valence-corrected chi connectivity index (χ0v) is 17.3. The highest BCUT2D eigenvalue weighted by Crippen LogP contribution is 2.37. The summed E-state index contributed by atoms with van der Waals surface area (Å²) in [7, 11) is 2.21. The van der Waals surface area contributed by atoms with Crippen molar-refractivity contribution in [3.05, 3.63) is 59.1 Å². The summed E-state index contributed by atoms with van der Waals surface area (Å²) in [5.41, 5.74) is 3.11. The third-order valence-electron chi connectivity index (χ3n) is 5.79. The molecule has 0 spiro atoms. The van der Waals surface area contributed by atoms with E-state index in [-0.39, 0.29) is 11.6 Å². The van der Waals surface area contributed by atoms with Crippen LogP contribution in [0.1, 0.15) is 47.6 Å². The molecule has 1 amide bonds. The SMILES string of the molecule is C[C@@H]1c2c(oc3ccc(NC(=O)c4ncoc4-c4cccs4)cc23)[C@@H](C)C[NH+]1C. The van der Waals surface area contributed by atoms with Gasteiger partial charge in [-0.15, -0.1) is 11.3 Å². The first kappa shape index (κ1) is 18.1. The molecule has 148 valence electrons. The summed E-state index contributed by atoms with van der Waals surface area (Å²) in [6.07, 6.45) is 1.31. The number of hydrogen-bond acceptors (Lipinski definition) is 5. The second-order valence-electron chi connectivity index (χ2n) is 7.73. The summed E-state index contributed by atoms with van der Waals surface area (Å²) < 4.78 is 11.6. The van der Waals surface area contributed by atoms with Gasteiger partial charge in [0, 0.05) is 11.1 Å². The zero-order chi connectivity index (χ0) is 20.1. The Bertz CT molecular complexity index is 1190. The van der Waals surface area contributed by atoms with Gasteiger partial charge < -0.3 is 19.1 Å². The van der Waals surface area contributed by atoms with E-state index in [0.29, 0.717) is 23.4 Å². The fourth-order valence-electron chi connectivity index (χ4n) is 4.21. The number of oxazole rings is 1. The molecule has 2 N–H and O–H groups in total. The molecule has 0 aliphatic carbocycles. The van der Waals surface area contributed by atoms with Crippen LogP contribution in [0.4, 0.5) is 5.69 Å². The number of fused-ring (bicyclic) bond motifs is 3. The van der Waals surface area contributed by atoms with Crippen molar-refractivity contribution in [2.75, 3.05) is 18.9 Å². The minimum atomic E-state index is -0.289. The van der Waals surface area contributed by atoms with Crippen LogP contribution in [-0.4, -0.2) is 24.5 Å². The lowest BCUT2D eigenvalue weighted by atomic mass is 9.92. The predicted molar refractivity (Wildman–Crippen MR) is 113 cm³/mol. The topological polar surface area (TPSA) is 72.7 Å². The molecule has 1 unspecified atom stereocenters. The van der Waals surface area contributed by atoms with Gasteiger partial charge >= 0.3 is 0 Å². The molecule has 7 heteroatoms. The van der Waals surface area contributed by atoms with Crippen molar-refractivity contribution < 1.29 is 18.5 Å². The van der Waals surface area contributed by atoms with Gasteiger partial charge in [-0.1, -0.05) is 6.07 Å². The van der Waals surface area contributed by atoms with Crippen molar-refractivity contribution in [1.29, 1.82) is 0 Å². The number of carbonyl (C=O) groups excluding carboxylic acids is 1. The molecule has 0 saturated heterocycles. The second-order valence-corrected chi connectivity index (χ2v) is 8.67. The molecule has 4 aromatic rings. The van der Waals surface area contributed by atoms with E-state index in [1.54, 1.807) is 0 Å². The van der Waals surface area contributed by atoms with Gasteiger partial charge in [0.1, 0.15) is 17.4 Å². The van der Waals surface area contributed by atoms with E-state index in [2.05, 4.69) is 31.2 Å². The van der Waals surface area contributed by atoms with Gasteiger partial charge in [-0.05, 0) is 43.5 Å². The lowest BCUT2D eigenvalue weighted by Crippen LogP contribution is -3.10. The van der Waals surface area contributed by atoms with E-state index >= 15 is 0 Å². The summed E-state index contributed by atoms with van der Waals surface area (Å²) in [6.45, 7) is 5.48. The second kappa shape index (κ2) is 6.86. The van der Waals surface area contributed by atoms with Gasteiger partial charge in [0.05, 0.1) is 30.0 Å². The maximum atomic E-state index is 12.9. The third kappa shape index (κ3) is 2.97. The minimum absolute atomic E-state index is 0.285. The number of rotatable bonds is 3. The van der Waals surface area contributed by atoms with Crippen molar-refractivity contribution in [2.45, 2.75) is 25.8 Å². The molecular weight excluding hydrogens is 386 g/mol. The standard InChI is InChI=1S/C22H21N3O3S/c1-12-10-25(3)13(2)18-15-9-14(6-7-16(15)28-20(12)18)24-22(26)19-21(27-11-23-19)17-5-4-8-29-17/h4-9,11-13H,10H2,1-3H3,(H,24,26)/p+1/t12-,13+/m0/s1. The van der Waals surface area contributed by atoms with Crippen LogP contribution in [0.5, 0.6) is 0 Å². The maximum absolute atomic E-state index is 12.9. The van der Waals surface area contributed by atoms with Crippen LogP contribution in [0.15, 0.2) is 50.9 Å². The van der Waals surface area contributed by atoms with Gasteiger partial charge in [-0.3, -0.25) is 4.79 Å². The van der Waals surface area contributed by atoms with Crippen molar-refractivity contribution in [2.24, 2.45) is 0 Å². The molecule has 1 aliphatic rings. The van der Waals surface area contributed by atoms with Crippen molar-refractivity contribution >= 4 is 33.9 Å². The fraction of sp³-hybridized carbons (Fsp3) is 0.273. The molecule has 0 bridgehead atoms. The highest BCUT2D eigenvalue weighted by atomic mass is 32.1. The number of nitrogens with one attached hydrogen (secondary N) is 2. The Labute approximate surface area is 172 Å². The molecule has 5 rings (SSSR count). The van der Waals surface area contributed by atoms with Crippen LogP contribution < -0.4 is 10.2 Å². The summed E-state index contributed by atoms with van der Waals surface area (Å²) >= 11 is 1.51. The van der Waals surface area contributed by atoms with Crippen molar-refractivity contribution in [3.63, 3.8) is 0 Å². The molecular formula is C22H22N3O3S+. The molecule has 3 aromatic heterocycles. The Morgan fingerprint density at radius 2 is 2.17 bits per heavy atom. The highest BCUT2D eigenvalue weighted by Gasteiger charge is 2.34. The minimum Gasteiger partial charge on any atom is -0.460 e. The third-order valence-corrected chi connectivity index (χ3v) is 6.66. The number of quaternary nitrogens is 1. The Hall–Kier alpha value is -2.90. The molecule has 1 aliphatic heterocycles. The normalized spacial score (nSPS) is 21.3. The lowest BCUT2D eigenvalue weighted by molar-refractivity contribution is -0.914. The summed E-state index contributed by atoms with van der Waals surface area (Å²) in [5.74, 6) is 1.64. The number of aromatic nitrogens is 1. The molecule has 4 heterocycles. The van der Waals surface area contributed by atoms with Gasteiger partial charge in [-0.25, -0.2) is 4.98 Å². The molecule has 0 radical (unpaired) electrons. The largest absolute Gasteiger partial charge is 0.460 e. The van der Waals surface area contributed by atoms with Gasteiger partial charge in [0.15, 0.2) is 17.8 Å². The average Bonchev–Trinajstić information content (AvgIpc) is 3.44. The Kier molecular flexibility index (Phi) is 4.29. The van der Waals surface area contributed by atoms with Crippen LogP contribution >= 0.6 is 11.3 Å². The molecule has 6 nitrogen and oxygen atoms in total. The summed E-state index contributed by atoms with van der Waals surface area (Å²) in [5, 5.41) is 5.97. The number of hydrogen-bond donors (Lipinski definition) is 2. The number of carbonyl (C=O) groups is 1. The molecule has 0 fully saturated rings. The van der Waals surface area contributed by atoms with E-state index in [0.717, 1.165) is 28.2 Å². The molecule has 29 heavy (non-hydrogen) atoms. The summed E-state index contributed by atoms with van der Waals surface area (Å²) in [6, 6.07) is 9.97. The molecule has 1 aromatic carbocycles. The number of benzene rings is 1.